The van der Waals surface area contributed by atoms with Crippen molar-refractivity contribution < 1.29 is 4.74 Å². The lowest BCUT2D eigenvalue weighted by Gasteiger charge is -2.48. The Bertz CT molecular complexity index is 206. The van der Waals surface area contributed by atoms with Crippen molar-refractivity contribution in [2.75, 3.05) is 6.61 Å². The fraction of sp³-hybridized carbons (Fsp3) is 1.00. The maximum Gasteiger partial charge on any atom is 0.0550 e. The van der Waals surface area contributed by atoms with E-state index in [0.29, 0.717) is 22.9 Å². The van der Waals surface area contributed by atoms with E-state index in [-0.39, 0.29) is 0 Å². The van der Waals surface area contributed by atoms with Crippen molar-refractivity contribution in [1.29, 1.82) is 0 Å². The molecule has 0 saturated carbocycles. The van der Waals surface area contributed by atoms with E-state index in [1.54, 1.807) is 0 Å². The lowest BCUT2D eigenvalue weighted by molar-refractivity contribution is -0.101. The Labute approximate surface area is 95.6 Å². The molecule has 1 nitrogen and oxygen atoms in total. The van der Waals surface area contributed by atoms with Crippen molar-refractivity contribution in [2.24, 2.45) is 22.7 Å². The highest BCUT2D eigenvalue weighted by Crippen LogP contribution is 2.46. The molecule has 0 radical (unpaired) electrons. The molecule has 15 heavy (non-hydrogen) atoms. The van der Waals surface area contributed by atoms with Crippen LogP contribution in [-0.4, -0.2) is 12.7 Å². The van der Waals surface area contributed by atoms with Gasteiger partial charge in [0, 0.05) is 0 Å². The highest BCUT2D eigenvalue weighted by atomic mass is 16.5. The molecule has 90 valence electrons. The first-order chi connectivity index (χ1) is 6.62. The van der Waals surface area contributed by atoms with Crippen LogP contribution in [0.3, 0.4) is 0 Å². The molecule has 1 aliphatic heterocycles. The van der Waals surface area contributed by atoms with Gasteiger partial charge in [-0.25, -0.2) is 0 Å². The van der Waals surface area contributed by atoms with E-state index in [9.17, 15) is 0 Å². The van der Waals surface area contributed by atoms with Gasteiger partial charge in [0.25, 0.3) is 0 Å². The fourth-order valence-electron chi connectivity index (χ4n) is 2.78. The third-order valence-corrected chi connectivity index (χ3v) is 3.86. The minimum atomic E-state index is 0.359. The van der Waals surface area contributed by atoms with E-state index in [4.69, 9.17) is 4.74 Å². The Morgan fingerprint density at radius 3 is 1.73 bits per heavy atom. The van der Waals surface area contributed by atoms with Crippen molar-refractivity contribution in [1.82, 2.24) is 0 Å². The molecular weight excluding hydrogens is 184 g/mol. The van der Waals surface area contributed by atoms with Crippen LogP contribution < -0.4 is 0 Å². The molecule has 0 aromatic rings. The van der Waals surface area contributed by atoms with Crippen LogP contribution in [0.4, 0.5) is 0 Å². The first-order valence-corrected chi connectivity index (χ1v) is 6.24. The number of hydrogen-bond donors (Lipinski definition) is 0. The van der Waals surface area contributed by atoms with Crippen LogP contribution in [-0.2, 0) is 4.74 Å². The monoisotopic (exact) mass is 212 g/mol. The van der Waals surface area contributed by atoms with Crippen LogP contribution in [0.1, 0.15) is 54.9 Å². The quantitative estimate of drug-likeness (QED) is 0.587. The second-order valence-corrected chi connectivity index (χ2v) is 7.32. The predicted molar refractivity (Wildman–Crippen MR) is 65.9 cm³/mol. The zero-order valence-corrected chi connectivity index (χ0v) is 11.6. The maximum atomic E-state index is 5.84. The van der Waals surface area contributed by atoms with E-state index in [1.165, 1.54) is 6.42 Å². The van der Waals surface area contributed by atoms with Gasteiger partial charge in [0.15, 0.2) is 0 Å². The molecule has 1 rings (SSSR count). The Hall–Kier alpha value is -0.0400. The highest BCUT2D eigenvalue weighted by molar-refractivity contribution is 4.90. The summed E-state index contributed by atoms with van der Waals surface area (Å²) in [7, 11) is 0. The summed E-state index contributed by atoms with van der Waals surface area (Å²) < 4.78 is 5.84. The summed E-state index contributed by atoms with van der Waals surface area (Å²) in [6, 6.07) is 0. The molecule has 2 unspecified atom stereocenters. The Morgan fingerprint density at radius 1 is 0.867 bits per heavy atom. The van der Waals surface area contributed by atoms with Gasteiger partial charge in [0.2, 0.25) is 0 Å². The molecule has 0 N–H and O–H groups in total. The van der Waals surface area contributed by atoms with Gasteiger partial charge in [-0.3, -0.25) is 0 Å². The minimum absolute atomic E-state index is 0.359. The van der Waals surface area contributed by atoms with Crippen LogP contribution in [0.5, 0.6) is 0 Å². The van der Waals surface area contributed by atoms with Gasteiger partial charge in [-0.05, 0) is 36.0 Å². The molecule has 1 fully saturated rings. The predicted octanol–water partition coefficient (Wildman–Crippen LogP) is 4.12. The highest BCUT2D eigenvalue weighted by Gasteiger charge is 2.42. The number of ether oxygens (including phenoxy) is 1. The molecule has 1 aliphatic rings. The number of rotatable bonds is 0. The second kappa shape index (κ2) is 4.08. The SMILES string of the molecule is CC1C[C@H](C(C)(C)C)C(C(C)(C)C)CO1. The molecule has 1 heterocycles. The van der Waals surface area contributed by atoms with Gasteiger partial charge in [-0.2, -0.15) is 0 Å². The first kappa shape index (κ1) is 13.0. The third kappa shape index (κ3) is 3.21. The zero-order chi connectivity index (χ0) is 11.9. The Morgan fingerprint density at radius 2 is 1.33 bits per heavy atom. The fourth-order valence-corrected chi connectivity index (χ4v) is 2.78. The van der Waals surface area contributed by atoms with Crippen LogP contribution in [0.2, 0.25) is 0 Å². The summed E-state index contributed by atoms with van der Waals surface area (Å²) in [4.78, 5) is 0. The van der Waals surface area contributed by atoms with Gasteiger partial charge >= 0.3 is 0 Å². The summed E-state index contributed by atoms with van der Waals surface area (Å²) >= 11 is 0. The van der Waals surface area contributed by atoms with Crippen molar-refractivity contribution in [2.45, 2.75) is 61.0 Å². The molecule has 0 bridgehead atoms. The molecule has 1 saturated heterocycles. The minimum Gasteiger partial charge on any atom is -0.378 e. The van der Waals surface area contributed by atoms with E-state index in [1.807, 2.05) is 0 Å². The summed E-state index contributed by atoms with van der Waals surface area (Å²) in [5.74, 6) is 1.47. The lowest BCUT2D eigenvalue weighted by Crippen LogP contribution is -2.44. The normalized spacial score (nSPS) is 34.2. The van der Waals surface area contributed by atoms with Crippen LogP contribution in [0.25, 0.3) is 0 Å². The van der Waals surface area contributed by atoms with E-state index in [0.717, 1.165) is 12.5 Å². The van der Waals surface area contributed by atoms with Crippen LogP contribution >= 0.6 is 0 Å². The maximum absolute atomic E-state index is 5.84. The molecule has 0 aliphatic carbocycles. The molecule has 0 amide bonds. The van der Waals surface area contributed by atoms with E-state index in [2.05, 4.69) is 48.5 Å². The Balaban J connectivity index is 2.85. The first-order valence-electron chi connectivity index (χ1n) is 6.24. The van der Waals surface area contributed by atoms with Crippen molar-refractivity contribution in [3.8, 4) is 0 Å². The summed E-state index contributed by atoms with van der Waals surface area (Å²) in [6.07, 6.45) is 1.65. The average molecular weight is 212 g/mol. The van der Waals surface area contributed by atoms with Crippen molar-refractivity contribution in [3.05, 3.63) is 0 Å². The smallest absolute Gasteiger partial charge is 0.0550 e. The largest absolute Gasteiger partial charge is 0.378 e. The molecule has 0 aromatic heterocycles. The molecular formula is C14H28O. The van der Waals surface area contributed by atoms with E-state index >= 15 is 0 Å². The van der Waals surface area contributed by atoms with Gasteiger partial charge in [-0.1, -0.05) is 41.5 Å². The third-order valence-electron chi connectivity index (χ3n) is 3.86. The van der Waals surface area contributed by atoms with Crippen LogP contribution in [0.15, 0.2) is 0 Å². The summed E-state index contributed by atoms with van der Waals surface area (Å²) in [6.45, 7) is 17.3. The van der Waals surface area contributed by atoms with Gasteiger partial charge in [0.1, 0.15) is 0 Å². The number of hydrogen-bond acceptors (Lipinski definition) is 1. The summed E-state index contributed by atoms with van der Waals surface area (Å²) in [5.41, 5.74) is 0.758. The van der Waals surface area contributed by atoms with Gasteiger partial charge < -0.3 is 4.74 Å². The second-order valence-electron chi connectivity index (χ2n) is 7.32. The average Bonchev–Trinajstić information content (AvgIpc) is 2.00. The lowest BCUT2D eigenvalue weighted by atomic mass is 9.62. The topological polar surface area (TPSA) is 9.23 Å². The van der Waals surface area contributed by atoms with Crippen molar-refractivity contribution in [3.63, 3.8) is 0 Å². The molecule has 0 aromatic carbocycles. The zero-order valence-electron chi connectivity index (χ0n) is 11.6. The Kier molecular flexibility index (Phi) is 3.55. The van der Waals surface area contributed by atoms with Crippen molar-refractivity contribution >= 4 is 0 Å². The van der Waals surface area contributed by atoms with Gasteiger partial charge in [0.05, 0.1) is 12.7 Å². The molecule has 1 heteroatoms. The molecule has 0 spiro atoms. The molecule has 3 atom stereocenters. The standard InChI is InChI=1S/C14H28O/c1-10-8-11(13(2,3)4)12(9-15-10)14(5,6)7/h10-12H,8-9H2,1-7H3/t10?,11-,12?/m0/s1. The van der Waals surface area contributed by atoms with E-state index < -0.39 is 0 Å². The summed E-state index contributed by atoms with van der Waals surface area (Å²) in [5, 5.41) is 0. The van der Waals surface area contributed by atoms with Gasteiger partial charge in [-0.15, -0.1) is 0 Å². The van der Waals surface area contributed by atoms with Crippen LogP contribution in [0, 0.1) is 22.7 Å².